The van der Waals surface area contributed by atoms with E-state index in [1.165, 1.54) is 7.11 Å². The predicted molar refractivity (Wildman–Crippen MR) is 56.9 cm³/mol. The summed E-state index contributed by atoms with van der Waals surface area (Å²) in [6.07, 6.45) is 0.954. The Bertz CT molecular complexity index is 221. The van der Waals surface area contributed by atoms with E-state index in [1.54, 1.807) is 0 Å². The van der Waals surface area contributed by atoms with Gasteiger partial charge in [0.1, 0.15) is 0 Å². The van der Waals surface area contributed by atoms with E-state index in [4.69, 9.17) is 0 Å². The predicted octanol–water partition coefficient (Wildman–Crippen LogP) is 0.606. The fourth-order valence-electron chi connectivity index (χ4n) is 0.881. The van der Waals surface area contributed by atoms with Crippen LogP contribution in [-0.2, 0) is 14.4 Å². The summed E-state index contributed by atoms with van der Waals surface area (Å²) in [7, 11) is 1.39. The molecule has 0 spiro atoms. The van der Waals surface area contributed by atoms with Gasteiger partial charge in [0.05, 0.1) is 7.11 Å². The molecule has 5 nitrogen and oxygen atoms in total. The molecule has 0 saturated carbocycles. The molecule has 0 aromatic heterocycles. The molecule has 5 heteroatoms. The first-order valence-electron chi connectivity index (χ1n) is 4.98. The minimum Gasteiger partial charge on any atom is -0.356 e. The lowest BCUT2D eigenvalue weighted by molar-refractivity contribution is -0.132. The molecule has 0 aliphatic heterocycles. The second kappa shape index (κ2) is 6.40. The maximum absolute atomic E-state index is 11.4. The Morgan fingerprint density at radius 2 is 1.87 bits per heavy atom. The first-order valence-corrected chi connectivity index (χ1v) is 4.98. The summed E-state index contributed by atoms with van der Waals surface area (Å²) in [6.45, 7) is 6.05. The number of hydrogen-bond donors (Lipinski definition) is 2. The first kappa shape index (κ1) is 13.9. The second-order valence-corrected chi connectivity index (χ2v) is 4.34. The number of nitrogens with one attached hydrogen (secondary N) is 2. The molecular weight excluding hydrogens is 196 g/mol. The fraction of sp³-hybridized carbons (Fsp3) is 0.800. The van der Waals surface area contributed by atoms with Gasteiger partial charge in [-0.3, -0.25) is 14.4 Å². The highest BCUT2D eigenvalue weighted by atomic mass is 16.6. The number of hydrogen-bond acceptors (Lipinski definition) is 3. The summed E-state index contributed by atoms with van der Waals surface area (Å²) in [5.41, 5.74) is 1.83. The summed E-state index contributed by atoms with van der Waals surface area (Å²) < 4.78 is 0. The summed E-state index contributed by atoms with van der Waals surface area (Å²) in [4.78, 5) is 26.8. The molecule has 0 saturated heterocycles. The minimum atomic E-state index is -0.380. The van der Waals surface area contributed by atoms with E-state index in [-0.39, 0.29) is 17.2 Å². The molecule has 15 heavy (non-hydrogen) atoms. The molecule has 0 aliphatic rings. The monoisotopic (exact) mass is 216 g/mol. The zero-order valence-electron chi connectivity index (χ0n) is 9.85. The summed E-state index contributed by atoms with van der Waals surface area (Å²) >= 11 is 0. The van der Waals surface area contributed by atoms with Crippen LogP contribution < -0.4 is 10.8 Å². The highest BCUT2D eigenvalue weighted by Crippen LogP contribution is 2.12. The molecule has 2 N–H and O–H groups in total. The fourth-order valence-corrected chi connectivity index (χ4v) is 0.881. The number of amides is 2. The Morgan fingerprint density at radius 3 is 2.33 bits per heavy atom. The quantitative estimate of drug-likeness (QED) is 0.522. The van der Waals surface area contributed by atoms with Crippen LogP contribution in [0.5, 0.6) is 0 Å². The Kier molecular flexibility index (Phi) is 5.93. The van der Waals surface area contributed by atoms with Gasteiger partial charge in [-0.05, 0) is 6.42 Å². The van der Waals surface area contributed by atoms with Crippen molar-refractivity contribution in [3.05, 3.63) is 0 Å². The molecule has 0 fully saturated rings. The van der Waals surface area contributed by atoms with E-state index >= 15 is 0 Å². The number of hydroxylamine groups is 1. The van der Waals surface area contributed by atoms with Gasteiger partial charge >= 0.3 is 0 Å². The van der Waals surface area contributed by atoms with E-state index in [0.717, 1.165) is 0 Å². The molecule has 0 heterocycles. The van der Waals surface area contributed by atoms with Crippen molar-refractivity contribution >= 4 is 11.8 Å². The van der Waals surface area contributed by atoms with E-state index in [9.17, 15) is 9.59 Å². The molecule has 0 aliphatic carbocycles. The van der Waals surface area contributed by atoms with Crippen LogP contribution in [0.2, 0.25) is 0 Å². The third-order valence-corrected chi connectivity index (χ3v) is 1.76. The molecule has 0 atom stereocenters. The van der Waals surface area contributed by atoms with Crippen molar-refractivity contribution in [2.24, 2.45) is 5.41 Å². The standard InChI is InChI=1S/C10H20N2O3/c1-10(2,3)9(14)11-7-5-6-8(13)12-15-4/h5-7H2,1-4H3,(H,11,14)(H,12,13). The van der Waals surface area contributed by atoms with Crippen molar-refractivity contribution in [1.29, 1.82) is 0 Å². The van der Waals surface area contributed by atoms with Gasteiger partial charge in [0.2, 0.25) is 11.8 Å². The average Bonchev–Trinajstić information content (AvgIpc) is 2.11. The van der Waals surface area contributed by atoms with Crippen molar-refractivity contribution in [1.82, 2.24) is 10.8 Å². The topological polar surface area (TPSA) is 67.4 Å². The van der Waals surface area contributed by atoms with Crippen molar-refractivity contribution in [3.8, 4) is 0 Å². The maximum Gasteiger partial charge on any atom is 0.243 e. The molecule has 0 radical (unpaired) electrons. The Balaban J connectivity index is 3.55. The van der Waals surface area contributed by atoms with Crippen LogP contribution in [0.25, 0.3) is 0 Å². The van der Waals surface area contributed by atoms with E-state index < -0.39 is 0 Å². The van der Waals surface area contributed by atoms with Crippen LogP contribution in [0.4, 0.5) is 0 Å². The molecule has 88 valence electrons. The van der Waals surface area contributed by atoms with Crippen LogP contribution in [0, 0.1) is 5.41 Å². The summed E-state index contributed by atoms with van der Waals surface area (Å²) in [5.74, 6) is -0.183. The van der Waals surface area contributed by atoms with E-state index in [1.807, 2.05) is 20.8 Å². The Labute approximate surface area is 90.5 Å². The van der Waals surface area contributed by atoms with Gasteiger partial charge in [0.25, 0.3) is 0 Å². The molecule has 2 amide bonds. The minimum absolute atomic E-state index is 0.00495. The zero-order chi connectivity index (χ0) is 11.9. The van der Waals surface area contributed by atoms with Crippen LogP contribution in [0.15, 0.2) is 0 Å². The first-order chi connectivity index (χ1) is 6.88. The Hall–Kier alpha value is -1.10. The molecule has 0 aromatic rings. The van der Waals surface area contributed by atoms with Crippen LogP contribution in [0.1, 0.15) is 33.6 Å². The molecule has 0 bridgehead atoms. The van der Waals surface area contributed by atoms with Crippen molar-refractivity contribution < 1.29 is 14.4 Å². The lowest BCUT2D eigenvalue weighted by atomic mass is 9.96. The average molecular weight is 216 g/mol. The number of rotatable bonds is 5. The van der Waals surface area contributed by atoms with Gasteiger partial charge in [-0.1, -0.05) is 20.8 Å². The smallest absolute Gasteiger partial charge is 0.243 e. The van der Waals surface area contributed by atoms with Gasteiger partial charge in [0.15, 0.2) is 0 Å². The van der Waals surface area contributed by atoms with E-state index in [0.29, 0.717) is 19.4 Å². The third kappa shape index (κ3) is 6.90. The highest BCUT2D eigenvalue weighted by molar-refractivity contribution is 5.81. The van der Waals surface area contributed by atoms with Gasteiger partial charge in [0, 0.05) is 18.4 Å². The van der Waals surface area contributed by atoms with Gasteiger partial charge < -0.3 is 5.32 Å². The highest BCUT2D eigenvalue weighted by Gasteiger charge is 2.20. The van der Waals surface area contributed by atoms with Gasteiger partial charge in [-0.25, -0.2) is 5.48 Å². The van der Waals surface area contributed by atoms with Crippen LogP contribution >= 0.6 is 0 Å². The third-order valence-electron chi connectivity index (χ3n) is 1.76. The van der Waals surface area contributed by atoms with Gasteiger partial charge in [-0.15, -0.1) is 0 Å². The van der Waals surface area contributed by atoms with Gasteiger partial charge in [-0.2, -0.15) is 0 Å². The van der Waals surface area contributed by atoms with Crippen molar-refractivity contribution in [2.45, 2.75) is 33.6 Å². The maximum atomic E-state index is 11.4. The molecule has 0 aromatic carbocycles. The normalized spacial score (nSPS) is 10.9. The summed E-state index contributed by atoms with van der Waals surface area (Å²) in [5, 5.41) is 2.76. The van der Waals surface area contributed by atoms with Crippen molar-refractivity contribution in [2.75, 3.05) is 13.7 Å². The van der Waals surface area contributed by atoms with Crippen molar-refractivity contribution in [3.63, 3.8) is 0 Å². The van der Waals surface area contributed by atoms with E-state index in [2.05, 4.69) is 15.6 Å². The van der Waals surface area contributed by atoms with Crippen LogP contribution in [0.3, 0.4) is 0 Å². The second-order valence-electron chi connectivity index (χ2n) is 4.34. The molecule has 0 rings (SSSR count). The Morgan fingerprint density at radius 1 is 1.27 bits per heavy atom. The lowest BCUT2D eigenvalue weighted by Gasteiger charge is -2.17. The lowest BCUT2D eigenvalue weighted by Crippen LogP contribution is -2.35. The van der Waals surface area contributed by atoms with Crippen LogP contribution in [-0.4, -0.2) is 25.5 Å². The zero-order valence-corrected chi connectivity index (χ0v) is 9.85. The number of carbonyl (C=O) groups is 2. The molecule has 0 unspecified atom stereocenters. The SMILES string of the molecule is CONC(=O)CCCNC(=O)C(C)(C)C. The molecular formula is C10H20N2O3. The largest absolute Gasteiger partial charge is 0.356 e. The number of carbonyl (C=O) groups excluding carboxylic acids is 2. The summed E-state index contributed by atoms with van der Waals surface area (Å²) in [6, 6.07) is 0.